The Balaban J connectivity index is 0.00000210. The van der Waals surface area contributed by atoms with E-state index in [-0.39, 0.29) is 38.3 Å². The molecule has 0 bridgehead atoms. The normalized spacial score (nSPS) is 14.0. The van der Waals surface area contributed by atoms with Crippen LogP contribution in [-0.2, 0) is 16.1 Å². The SMILES string of the molecule is O=C(CN1CCOCC1)Nc1cc(C(=O)O)ccc1OCc1ccccc1.[H-].[Li+]. The van der Waals surface area contributed by atoms with E-state index in [4.69, 9.17) is 9.47 Å². The van der Waals surface area contributed by atoms with Gasteiger partial charge in [-0.05, 0) is 23.8 Å². The molecule has 0 saturated carbocycles. The number of rotatable bonds is 7. The summed E-state index contributed by atoms with van der Waals surface area (Å²) in [6.07, 6.45) is 0. The van der Waals surface area contributed by atoms with Crippen molar-refractivity contribution in [1.82, 2.24) is 4.90 Å². The number of carboxylic acid groups (broad SMARTS) is 1. The van der Waals surface area contributed by atoms with Crippen LogP contribution in [0.5, 0.6) is 5.75 Å². The number of nitrogens with one attached hydrogen (secondary N) is 1. The first-order chi connectivity index (χ1) is 13.1. The Labute approximate surface area is 177 Å². The van der Waals surface area contributed by atoms with Crippen LogP contribution in [0.1, 0.15) is 17.3 Å². The van der Waals surface area contributed by atoms with Crippen molar-refractivity contribution >= 4 is 17.6 Å². The van der Waals surface area contributed by atoms with Crippen LogP contribution in [0.15, 0.2) is 48.5 Å². The summed E-state index contributed by atoms with van der Waals surface area (Å²) >= 11 is 0. The van der Waals surface area contributed by atoms with Gasteiger partial charge in [0.25, 0.3) is 0 Å². The Kier molecular flexibility index (Phi) is 8.55. The van der Waals surface area contributed by atoms with E-state index < -0.39 is 5.97 Å². The monoisotopic (exact) mass is 378 g/mol. The van der Waals surface area contributed by atoms with Gasteiger partial charge in [0.2, 0.25) is 5.91 Å². The molecule has 2 aromatic carbocycles. The molecule has 0 spiro atoms. The summed E-state index contributed by atoms with van der Waals surface area (Å²) in [5.74, 6) is -0.850. The maximum atomic E-state index is 12.4. The topological polar surface area (TPSA) is 88.1 Å². The molecule has 1 fully saturated rings. The van der Waals surface area contributed by atoms with Gasteiger partial charge in [-0.15, -0.1) is 0 Å². The summed E-state index contributed by atoms with van der Waals surface area (Å²) in [5.41, 5.74) is 1.42. The van der Waals surface area contributed by atoms with E-state index in [1.165, 1.54) is 12.1 Å². The molecule has 144 valence electrons. The molecule has 0 aliphatic carbocycles. The summed E-state index contributed by atoms with van der Waals surface area (Å²) in [6, 6.07) is 14.1. The fraction of sp³-hybridized carbons (Fsp3) is 0.300. The van der Waals surface area contributed by atoms with Crippen LogP contribution in [0.3, 0.4) is 0 Å². The fourth-order valence-corrected chi connectivity index (χ4v) is 2.77. The Morgan fingerprint density at radius 2 is 1.86 bits per heavy atom. The number of carbonyl (C=O) groups excluding carboxylic acids is 1. The van der Waals surface area contributed by atoms with Gasteiger partial charge in [-0.2, -0.15) is 0 Å². The number of carboxylic acids is 1. The third-order valence-corrected chi connectivity index (χ3v) is 4.21. The zero-order chi connectivity index (χ0) is 19.1. The molecule has 1 saturated heterocycles. The number of amides is 1. The number of hydrogen-bond donors (Lipinski definition) is 2. The van der Waals surface area contributed by atoms with Gasteiger partial charge in [-0.25, -0.2) is 4.79 Å². The number of carbonyl (C=O) groups is 2. The van der Waals surface area contributed by atoms with Gasteiger partial charge >= 0.3 is 24.8 Å². The Morgan fingerprint density at radius 3 is 2.54 bits per heavy atom. The van der Waals surface area contributed by atoms with E-state index in [2.05, 4.69) is 5.32 Å². The average Bonchev–Trinajstić information content (AvgIpc) is 2.68. The van der Waals surface area contributed by atoms with Crippen LogP contribution >= 0.6 is 0 Å². The van der Waals surface area contributed by atoms with Crippen LogP contribution in [-0.4, -0.2) is 54.7 Å². The summed E-state index contributed by atoms with van der Waals surface area (Å²) < 4.78 is 11.1. The number of nitrogens with zero attached hydrogens (tertiary/aromatic N) is 1. The van der Waals surface area contributed by atoms with Gasteiger partial charge in [0.1, 0.15) is 12.4 Å². The van der Waals surface area contributed by atoms with Crippen molar-refractivity contribution in [3.05, 3.63) is 59.7 Å². The molecule has 0 aromatic heterocycles. The standard InChI is InChI=1S/C20H22N2O5.Li.H/c23-19(13-22-8-10-26-11-9-22)21-17-12-16(20(24)25)6-7-18(17)27-14-15-4-2-1-3-5-15;;/h1-7,12H,8-11,13-14H2,(H,21,23)(H,24,25);;/q;+1;-1. The van der Waals surface area contributed by atoms with Crippen LogP contribution < -0.4 is 28.9 Å². The van der Waals surface area contributed by atoms with Gasteiger partial charge in [0.05, 0.1) is 31.0 Å². The van der Waals surface area contributed by atoms with Crippen LogP contribution in [0.4, 0.5) is 5.69 Å². The first kappa shape index (κ1) is 22.0. The molecule has 1 heterocycles. The number of anilines is 1. The van der Waals surface area contributed by atoms with Crippen LogP contribution in [0.2, 0.25) is 0 Å². The van der Waals surface area contributed by atoms with E-state index in [9.17, 15) is 14.7 Å². The van der Waals surface area contributed by atoms with Gasteiger partial charge in [-0.3, -0.25) is 9.69 Å². The zero-order valence-electron chi connectivity index (χ0n) is 16.9. The molecule has 1 aliphatic rings. The summed E-state index contributed by atoms with van der Waals surface area (Å²) in [4.78, 5) is 25.7. The minimum atomic E-state index is -1.06. The Bertz CT molecular complexity index is 801. The quantitative estimate of drug-likeness (QED) is 0.623. The molecule has 0 atom stereocenters. The molecule has 1 amide bonds. The van der Waals surface area contributed by atoms with Crippen molar-refractivity contribution in [3.63, 3.8) is 0 Å². The van der Waals surface area contributed by atoms with Crippen LogP contribution in [0, 0.1) is 0 Å². The van der Waals surface area contributed by atoms with E-state index in [0.29, 0.717) is 44.3 Å². The molecule has 0 radical (unpaired) electrons. The molecule has 8 heteroatoms. The molecule has 3 rings (SSSR count). The van der Waals surface area contributed by atoms with Crippen molar-refractivity contribution < 1.29 is 44.5 Å². The fourth-order valence-electron chi connectivity index (χ4n) is 2.77. The molecular formula is C20H23LiN2O5. The van der Waals surface area contributed by atoms with Crippen molar-refractivity contribution in [2.45, 2.75) is 6.61 Å². The summed E-state index contributed by atoms with van der Waals surface area (Å²) in [6.45, 7) is 3.14. The second kappa shape index (κ2) is 10.9. The Morgan fingerprint density at radius 1 is 1.14 bits per heavy atom. The molecule has 0 unspecified atom stereocenters. The minimum absolute atomic E-state index is 0. The maximum Gasteiger partial charge on any atom is 1.00 e. The smallest absolute Gasteiger partial charge is 1.00 e. The number of benzene rings is 2. The second-order valence-electron chi connectivity index (χ2n) is 6.23. The van der Waals surface area contributed by atoms with Crippen LogP contribution in [0.25, 0.3) is 0 Å². The first-order valence-electron chi connectivity index (χ1n) is 8.76. The molecule has 2 aromatic rings. The van der Waals surface area contributed by atoms with Crippen molar-refractivity contribution in [2.24, 2.45) is 0 Å². The van der Waals surface area contributed by atoms with Gasteiger partial charge in [-0.1, -0.05) is 30.3 Å². The molecule has 28 heavy (non-hydrogen) atoms. The van der Waals surface area contributed by atoms with E-state index in [0.717, 1.165) is 5.56 Å². The van der Waals surface area contributed by atoms with Crippen molar-refractivity contribution in [3.8, 4) is 5.75 Å². The zero-order valence-corrected chi connectivity index (χ0v) is 15.9. The van der Waals surface area contributed by atoms with Crippen molar-refractivity contribution in [1.29, 1.82) is 0 Å². The number of aromatic carboxylic acids is 1. The third-order valence-electron chi connectivity index (χ3n) is 4.21. The third kappa shape index (κ3) is 6.39. The maximum absolute atomic E-state index is 12.4. The van der Waals surface area contributed by atoms with Gasteiger partial charge < -0.3 is 21.3 Å². The van der Waals surface area contributed by atoms with Crippen molar-refractivity contribution in [2.75, 3.05) is 38.2 Å². The predicted octanol–water partition coefficient (Wildman–Crippen LogP) is -0.649. The first-order valence-corrected chi connectivity index (χ1v) is 8.76. The minimum Gasteiger partial charge on any atom is -1.00 e. The molecule has 1 aliphatic heterocycles. The predicted molar refractivity (Wildman–Crippen MR) is 101 cm³/mol. The summed E-state index contributed by atoms with van der Waals surface area (Å²) in [7, 11) is 0. The van der Waals surface area contributed by atoms with Gasteiger partial charge in [0.15, 0.2) is 0 Å². The van der Waals surface area contributed by atoms with E-state index in [1.807, 2.05) is 35.2 Å². The largest absolute Gasteiger partial charge is 1.00 e. The summed E-state index contributed by atoms with van der Waals surface area (Å²) in [5, 5.41) is 12.0. The Hall–Kier alpha value is -2.30. The molecular weight excluding hydrogens is 355 g/mol. The number of hydrogen-bond acceptors (Lipinski definition) is 5. The number of morpholine rings is 1. The average molecular weight is 378 g/mol. The van der Waals surface area contributed by atoms with E-state index in [1.54, 1.807) is 6.07 Å². The molecule has 7 nitrogen and oxygen atoms in total. The second-order valence-corrected chi connectivity index (χ2v) is 6.23. The van der Waals surface area contributed by atoms with Gasteiger partial charge in [0, 0.05) is 13.1 Å². The molecule has 2 N–H and O–H groups in total. The van der Waals surface area contributed by atoms with E-state index >= 15 is 0 Å². The number of ether oxygens (including phenoxy) is 2.